The molecule has 0 aromatic heterocycles. The van der Waals surface area contributed by atoms with E-state index in [1.165, 1.54) is 18.4 Å². The second-order valence-electron chi connectivity index (χ2n) is 8.78. The summed E-state index contributed by atoms with van der Waals surface area (Å²) in [5.74, 6) is 1.09. The normalized spacial score (nSPS) is 13.5. The molecule has 35 heavy (non-hydrogen) atoms. The number of aryl methyl sites for hydroxylation is 1. The quantitative estimate of drug-likeness (QED) is 0.396. The van der Waals surface area contributed by atoms with Crippen LogP contribution >= 0.6 is 0 Å². The van der Waals surface area contributed by atoms with E-state index in [0.717, 1.165) is 42.9 Å². The molecule has 0 aliphatic carbocycles. The molecule has 0 atom stereocenters. The first-order valence-electron chi connectivity index (χ1n) is 12.4. The zero-order valence-electron chi connectivity index (χ0n) is 20.9. The standard InChI is InChI=1S/C29H35N3O3/c1-4-21-7-9-22(10-8-21)23-11-13-25(26(19-23)30-2)29(33)31-24-12-14-27(28(20-24)34-3)35-18-17-32-15-5-6-16-32/h7-14,19-20,30H,4-6,15-18H2,1-3H3,(H,31,33). The Morgan fingerprint density at radius 1 is 0.943 bits per heavy atom. The van der Waals surface area contributed by atoms with E-state index in [9.17, 15) is 4.79 Å². The Morgan fingerprint density at radius 2 is 1.69 bits per heavy atom. The number of benzene rings is 3. The molecule has 3 aromatic carbocycles. The second-order valence-corrected chi connectivity index (χ2v) is 8.78. The summed E-state index contributed by atoms with van der Waals surface area (Å²) in [4.78, 5) is 15.5. The third-order valence-corrected chi connectivity index (χ3v) is 6.51. The minimum Gasteiger partial charge on any atom is -0.493 e. The molecule has 184 valence electrons. The van der Waals surface area contributed by atoms with E-state index in [0.29, 0.717) is 29.4 Å². The summed E-state index contributed by atoms with van der Waals surface area (Å²) < 4.78 is 11.5. The maximum atomic E-state index is 13.1. The van der Waals surface area contributed by atoms with Crippen molar-refractivity contribution in [3.8, 4) is 22.6 Å². The van der Waals surface area contributed by atoms with E-state index in [4.69, 9.17) is 9.47 Å². The third-order valence-electron chi connectivity index (χ3n) is 6.51. The van der Waals surface area contributed by atoms with Crippen molar-refractivity contribution < 1.29 is 14.3 Å². The van der Waals surface area contributed by atoms with Gasteiger partial charge in [0.1, 0.15) is 6.61 Å². The molecular weight excluding hydrogens is 438 g/mol. The topological polar surface area (TPSA) is 62.8 Å². The van der Waals surface area contributed by atoms with Crippen LogP contribution in [0.2, 0.25) is 0 Å². The van der Waals surface area contributed by atoms with Crippen LogP contribution in [0.15, 0.2) is 60.7 Å². The number of rotatable bonds is 10. The van der Waals surface area contributed by atoms with Gasteiger partial charge in [0.25, 0.3) is 5.91 Å². The highest BCUT2D eigenvalue weighted by Gasteiger charge is 2.15. The molecular formula is C29H35N3O3. The summed E-state index contributed by atoms with van der Waals surface area (Å²) in [6.45, 7) is 5.96. The Kier molecular flexibility index (Phi) is 8.27. The van der Waals surface area contributed by atoms with Crippen LogP contribution in [0.25, 0.3) is 11.1 Å². The summed E-state index contributed by atoms with van der Waals surface area (Å²) in [5.41, 5.74) is 5.48. The molecule has 2 N–H and O–H groups in total. The van der Waals surface area contributed by atoms with Crippen LogP contribution in [0.5, 0.6) is 11.5 Å². The number of anilines is 2. The van der Waals surface area contributed by atoms with E-state index >= 15 is 0 Å². The molecule has 0 unspecified atom stereocenters. The molecule has 0 bridgehead atoms. The molecule has 0 radical (unpaired) electrons. The lowest BCUT2D eigenvalue weighted by atomic mass is 10.00. The molecule has 3 aromatic rings. The Hall–Kier alpha value is -3.51. The summed E-state index contributed by atoms with van der Waals surface area (Å²) in [7, 11) is 3.44. The van der Waals surface area contributed by atoms with Crippen molar-refractivity contribution in [3.05, 3.63) is 71.8 Å². The number of hydrogen-bond acceptors (Lipinski definition) is 5. The van der Waals surface area contributed by atoms with Gasteiger partial charge in [-0.25, -0.2) is 0 Å². The van der Waals surface area contributed by atoms with Gasteiger partial charge in [-0.3, -0.25) is 9.69 Å². The fourth-order valence-electron chi connectivity index (χ4n) is 4.42. The molecule has 0 spiro atoms. The Bertz CT molecular complexity index is 1140. The number of methoxy groups -OCH3 is 1. The van der Waals surface area contributed by atoms with Crippen molar-refractivity contribution in [2.24, 2.45) is 0 Å². The summed E-state index contributed by atoms with van der Waals surface area (Å²) in [5, 5.41) is 6.15. The largest absolute Gasteiger partial charge is 0.493 e. The zero-order valence-corrected chi connectivity index (χ0v) is 20.9. The van der Waals surface area contributed by atoms with Gasteiger partial charge in [-0.05, 0) is 73.3 Å². The predicted molar refractivity (Wildman–Crippen MR) is 143 cm³/mol. The summed E-state index contributed by atoms with van der Waals surface area (Å²) in [6, 6.07) is 19.9. The second kappa shape index (κ2) is 11.8. The number of amides is 1. The minimum absolute atomic E-state index is 0.188. The number of nitrogens with zero attached hydrogens (tertiary/aromatic N) is 1. The third kappa shape index (κ3) is 6.14. The van der Waals surface area contributed by atoms with Gasteiger partial charge in [0, 0.05) is 31.0 Å². The van der Waals surface area contributed by atoms with E-state index in [1.807, 2.05) is 37.4 Å². The molecule has 1 aliphatic rings. The van der Waals surface area contributed by atoms with Crippen LogP contribution < -0.4 is 20.1 Å². The smallest absolute Gasteiger partial charge is 0.257 e. The first kappa shape index (κ1) is 24.6. The van der Waals surface area contributed by atoms with E-state index in [2.05, 4.69) is 46.7 Å². The van der Waals surface area contributed by atoms with Crippen molar-refractivity contribution in [1.29, 1.82) is 0 Å². The fraction of sp³-hybridized carbons (Fsp3) is 0.345. The molecule has 1 amide bonds. The molecule has 6 nitrogen and oxygen atoms in total. The molecule has 0 saturated carbocycles. The Labute approximate surface area is 208 Å². The minimum atomic E-state index is -0.188. The van der Waals surface area contributed by atoms with E-state index < -0.39 is 0 Å². The maximum Gasteiger partial charge on any atom is 0.257 e. The average Bonchev–Trinajstić information content (AvgIpc) is 3.42. The first-order chi connectivity index (χ1) is 17.1. The lowest BCUT2D eigenvalue weighted by molar-refractivity contribution is 0.102. The Balaban J connectivity index is 1.44. The van der Waals surface area contributed by atoms with E-state index in [-0.39, 0.29) is 5.91 Å². The van der Waals surface area contributed by atoms with Crippen LogP contribution in [-0.2, 0) is 6.42 Å². The number of likely N-dealkylation sites (tertiary alicyclic amines) is 1. The summed E-state index contributed by atoms with van der Waals surface area (Å²) >= 11 is 0. The van der Waals surface area contributed by atoms with Gasteiger partial charge in [0.05, 0.1) is 12.7 Å². The van der Waals surface area contributed by atoms with Gasteiger partial charge in [-0.2, -0.15) is 0 Å². The van der Waals surface area contributed by atoms with Crippen molar-refractivity contribution in [1.82, 2.24) is 4.90 Å². The van der Waals surface area contributed by atoms with Crippen molar-refractivity contribution in [3.63, 3.8) is 0 Å². The van der Waals surface area contributed by atoms with Crippen LogP contribution in [0, 0.1) is 0 Å². The van der Waals surface area contributed by atoms with Gasteiger partial charge in [-0.15, -0.1) is 0 Å². The number of nitrogens with one attached hydrogen (secondary N) is 2. The number of carbonyl (C=O) groups is 1. The van der Waals surface area contributed by atoms with Gasteiger partial charge in [0.2, 0.25) is 0 Å². The number of carbonyl (C=O) groups excluding carboxylic acids is 1. The SMILES string of the molecule is CCc1ccc(-c2ccc(C(=O)Nc3ccc(OCCN4CCCC4)c(OC)c3)c(NC)c2)cc1. The van der Waals surface area contributed by atoms with E-state index in [1.54, 1.807) is 13.2 Å². The van der Waals surface area contributed by atoms with Gasteiger partial charge in [0.15, 0.2) is 11.5 Å². The predicted octanol–water partition coefficient (Wildman–Crippen LogP) is 5.69. The highest BCUT2D eigenvalue weighted by atomic mass is 16.5. The van der Waals surface area contributed by atoms with Gasteiger partial charge in [-0.1, -0.05) is 37.3 Å². The van der Waals surface area contributed by atoms with Crippen LogP contribution in [0.1, 0.15) is 35.7 Å². The summed E-state index contributed by atoms with van der Waals surface area (Å²) in [6.07, 6.45) is 3.54. The molecule has 1 fully saturated rings. The maximum absolute atomic E-state index is 13.1. The molecule has 1 saturated heterocycles. The van der Waals surface area contributed by atoms with Crippen LogP contribution in [0.4, 0.5) is 11.4 Å². The van der Waals surface area contributed by atoms with Crippen molar-refractivity contribution in [2.45, 2.75) is 26.2 Å². The molecule has 1 aliphatic heterocycles. The highest BCUT2D eigenvalue weighted by molar-refractivity contribution is 6.08. The molecule has 4 rings (SSSR count). The average molecular weight is 474 g/mol. The lowest BCUT2D eigenvalue weighted by Crippen LogP contribution is -2.25. The van der Waals surface area contributed by atoms with Crippen molar-refractivity contribution >= 4 is 17.3 Å². The van der Waals surface area contributed by atoms with Gasteiger partial charge >= 0.3 is 0 Å². The molecule has 1 heterocycles. The number of hydrogen-bond donors (Lipinski definition) is 2. The Morgan fingerprint density at radius 3 is 2.37 bits per heavy atom. The first-order valence-corrected chi connectivity index (χ1v) is 12.4. The van der Waals surface area contributed by atoms with Gasteiger partial charge < -0.3 is 20.1 Å². The highest BCUT2D eigenvalue weighted by Crippen LogP contribution is 2.31. The fourth-order valence-corrected chi connectivity index (χ4v) is 4.42. The van der Waals surface area contributed by atoms with Crippen molar-refractivity contribution in [2.75, 3.05) is 51.0 Å². The monoisotopic (exact) mass is 473 g/mol. The zero-order chi connectivity index (χ0) is 24.6. The van der Waals surface area contributed by atoms with Crippen LogP contribution in [-0.4, -0.2) is 51.2 Å². The molecule has 6 heteroatoms. The van der Waals surface area contributed by atoms with Crippen LogP contribution in [0.3, 0.4) is 0 Å². The number of ether oxygens (including phenoxy) is 2. The lowest BCUT2D eigenvalue weighted by Gasteiger charge is -2.17.